The number of carbonyl (C=O) groups excluding carboxylic acids is 1. The standard InChI is InChI=1S/C14H20N2O4/c1-3-4-9(7-18-2)16-14(17)10-5-12-13(6-11(10)15)20-8-19-12/h5-6,9H,3-4,7-8,15H2,1-2H3,(H,16,17). The number of nitrogen functional groups attached to an aromatic ring is 1. The summed E-state index contributed by atoms with van der Waals surface area (Å²) in [7, 11) is 1.61. The summed E-state index contributed by atoms with van der Waals surface area (Å²) in [5.74, 6) is 0.889. The Morgan fingerprint density at radius 1 is 1.45 bits per heavy atom. The third-order valence-corrected chi connectivity index (χ3v) is 3.13. The topological polar surface area (TPSA) is 82.8 Å². The molecule has 0 bridgehead atoms. The summed E-state index contributed by atoms with van der Waals surface area (Å²) in [6.45, 7) is 2.69. The number of nitrogens with one attached hydrogen (secondary N) is 1. The molecular formula is C14H20N2O4. The first kappa shape index (κ1) is 14.5. The van der Waals surface area contributed by atoms with Gasteiger partial charge in [0.05, 0.1) is 18.2 Å². The van der Waals surface area contributed by atoms with Crippen LogP contribution in [0.5, 0.6) is 11.5 Å². The lowest BCUT2D eigenvalue weighted by Crippen LogP contribution is -2.38. The third kappa shape index (κ3) is 3.14. The van der Waals surface area contributed by atoms with E-state index in [-0.39, 0.29) is 18.7 Å². The van der Waals surface area contributed by atoms with Crippen LogP contribution in [0.4, 0.5) is 5.69 Å². The molecule has 0 saturated carbocycles. The molecule has 110 valence electrons. The Bertz CT molecular complexity index is 484. The van der Waals surface area contributed by atoms with Crippen LogP contribution in [-0.2, 0) is 4.74 Å². The van der Waals surface area contributed by atoms with Crippen molar-refractivity contribution in [2.75, 3.05) is 26.2 Å². The van der Waals surface area contributed by atoms with Crippen LogP contribution in [0.1, 0.15) is 30.1 Å². The average Bonchev–Trinajstić information content (AvgIpc) is 2.85. The first-order valence-corrected chi connectivity index (χ1v) is 6.64. The molecule has 1 aromatic carbocycles. The number of fused-ring (bicyclic) bond motifs is 1. The number of hydrogen-bond donors (Lipinski definition) is 2. The Labute approximate surface area is 118 Å². The largest absolute Gasteiger partial charge is 0.454 e. The van der Waals surface area contributed by atoms with E-state index >= 15 is 0 Å². The second kappa shape index (κ2) is 6.47. The molecule has 1 atom stereocenters. The van der Waals surface area contributed by atoms with Crippen molar-refractivity contribution in [1.29, 1.82) is 0 Å². The van der Waals surface area contributed by atoms with Gasteiger partial charge in [0.1, 0.15) is 0 Å². The first-order chi connectivity index (χ1) is 9.65. The molecule has 20 heavy (non-hydrogen) atoms. The van der Waals surface area contributed by atoms with Crippen molar-refractivity contribution in [1.82, 2.24) is 5.32 Å². The fraction of sp³-hybridized carbons (Fsp3) is 0.500. The lowest BCUT2D eigenvalue weighted by Gasteiger charge is -2.18. The Morgan fingerprint density at radius 3 is 2.80 bits per heavy atom. The van der Waals surface area contributed by atoms with Crippen molar-refractivity contribution in [3.8, 4) is 11.5 Å². The van der Waals surface area contributed by atoms with E-state index in [0.29, 0.717) is 29.4 Å². The Balaban J connectivity index is 2.12. The van der Waals surface area contributed by atoms with E-state index in [9.17, 15) is 4.79 Å². The van der Waals surface area contributed by atoms with Gasteiger partial charge in [-0.15, -0.1) is 0 Å². The summed E-state index contributed by atoms with van der Waals surface area (Å²) in [5.41, 5.74) is 6.66. The third-order valence-electron chi connectivity index (χ3n) is 3.13. The minimum absolute atomic E-state index is 0.0256. The van der Waals surface area contributed by atoms with E-state index in [0.717, 1.165) is 12.8 Å². The molecular weight excluding hydrogens is 260 g/mol. The predicted octanol–water partition coefficient (Wildman–Crippen LogP) is 1.54. The highest BCUT2D eigenvalue weighted by molar-refractivity contribution is 6.00. The summed E-state index contributed by atoms with van der Waals surface area (Å²) in [6, 6.07) is 3.20. The maximum Gasteiger partial charge on any atom is 0.253 e. The Morgan fingerprint density at radius 2 is 2.15 bits per heavy atom. The molecule has 0 saturated heterocycles. The number of anilines is 1. The Kier molecular flexibility index (Phi) is 4.68. The van der Waals surface area contributed by atoms with E-state index in [4.69, 9.17) is 19.9 Å². The lowest BCUT2D eigenvalue weighted by molar-refractivity contribution is 0.0892. The Hall–Kier alpha value is -1.95. The minimum atomic E-state index is -0.226. The minimum Gasteiger partial charge on any atom is -0.454 e. The highest BCUT2D eigenvalue weighted by Crippen LogP contribution is 2.35. The molecule has 0 aliphatic carbocycles. The molecule has 1 amide bonds. The number of hydrogen-bond acceptors (Lipinski definition) is 5. The van der Waals surface area contributed by atoms with E-state index in [1.165, 1.54) is 0 Å². The fourth-order valence-corrected chi connectivity index (χ4v) is 2.16. The van der Waals surface area contributed by atoms with E-state index in [1.807, 2.05) is 0 Å². The van der Waals surface area contributed by atoms with Crippen molar-refractivity contribution < 1.29 is 19.0 Å². The van der Waals surface area contributed by atoms with Crippen LogP contribution in [0.3, 0.4) is 0 Å². The SMILES string of the molecule is CCCC(COC)NC(=O)c1cc2c(cc1N)OCO2. The second-order valence-electron chi connectivity index (χ2n) is 4.71. The summed E-state index contributed by atoms with van der Waals surface area (Å²) in [4.78, 5) is 12.3. The van der Waals surface area contributed by atoms with Gasteiger partial charge in [-0.3, -0.25) is 4.79 Å². The van der Waals surface area contributed by atoms with Crippen LogP contribution in [0, 0.1) is 0 Å². The molecule has 6 nitrogen and oxygen atoms in total. The summed E-state index contributed by atoms with van der Waals surface area (Å²) in [5, 5.41) is 2.93. The molecule has 2 rings (SSSR count). The van der Waals surface area contributed by atoms with Crippen LogP contribution in [-0.4, -0.2) is 32.5 Å². The zero-order valence-corrected chi connectivity index (χ0v) is 11.8. The van der Waals surface area contributed by atoms with Crippen LogP contribution in [0.2, 0.25) is 0 Å². The van der Waals surface area contributed by atoms with Gasteiger partial charge in [0.25, 0.3) is 5.91 Å². The predicted molar refractivity (Wildman–Crippen MR) is 75.0 cm³/mol. The van der Waals surface area contributed by atoms with Crippen molar-refractivity contribution >= 4 is 11.6 Å². The summed E-state index contributed by atoms with van der Waals surface area (Å²) < 4.78 is 15.6. The van der Waals surface area contributed by atoms with Gasteiger partial charge in [0.15, 0.2) is 11.5 Å². The number of rotatable bonds is 6. The molecule has 0 spiro atoms. The molecule has 1 unspecified atom stereocenters. The summed E-state index contributed by atoms with van der Waals surface area (Å²) in [6.07, 6.45) is 1.81. The molecule has 6 heteroatoms. The van der Waals surface area contributed by atoms with Crippen molar-refractivity contribution in [2.45, 2.75) is 25.8 Å². The number of carbonyl (C=O) groups is 1. The molecule has 1 aliphatic heterocycles. The fourth-order valence-electron chi connectivity index (χ4n) is 2.16. The lowest BCUT2D eigenvalue weighted by atomic mass is 10.1. The van der Waals surface area contributed by atoms with Gasteiger partial charge in [-0.2, -0.15) is 0 Å². The zero-order valence-electron chi connectivity index (χ0n) is 11.8. The van der Waals surface area contributed by atoms with Gasteiger partial charge >= 0.3 is 0 Å². The molecule has 0 aromatic heterocycles. The van der Waals surface area contributed by atoms with Gasteiger partial charge in [-0.1, -0.05) is 13.3 Å². The highest BCUT2D eigenvalue weighted by atomic mass is 16.7. The molecule has 1 aliphatic rings. The molecule has 1 aromatic rings. The van der Waals surface area contributed by atoms with Crippen LogP contribution >= 0.6 is 0 Å². The number of nitrogens with two attached hydrogens (primary N) is 1. The van der Waals surface area contributed by atoms with Gasteiger partial charge in [0.2, 0.25) is 6.79 Å². The monoisotopic (exact) mass is 280 g/mol. The molecule has 0 radical (unpaired) electrons. The van der Waals surface area contributed by atoms with Gasteiger partial charge in [-0.25, -0.2) is 0 Å². The number of benzene rings is 1. The van der Waals surface area contributed by atoms with Crippen molar-refractivity contribution in [2.24, 2.45) is 0 Å². The van der Waals surface area contributed by atoms with Crippen LogP contribution < -0.4 is 20.5 Å². The van der Waals surface area contributed by atoms with Gasteiger partial charge in [0, 0.05) is 18.9 Å². The zero-order chi connectivity index (χ0) is 14.5. The van der Waals surface area contributed by atoms with E-state index in [2.05, 4.69) is 12.2 Å². The molecule has 3 N–H and O–H groups in total. The van der Waals surface area contributed by atoms with Crippen LogP contribution in [0.25, 0.3) is 0 Å². The quantitative estimate of drug-likeness (QED) is 0.772. The maximum absolute atomic E-state index is 12.3. The number of methoxy groups -OCH3 is 1. The smallest absolute Gasteiger partial charge is 0.253 e. The normalized spacial score (nSPS) is 14.1. The van der Waals surface area contributed by atoms with E-state index in [1.54, 1.807) is 19.2 Å². The van der Waals surface area contributed by atoms with Crippen molar-refractivity contribution in [3.05, 3.63) is 17.7 Å². The molecule has 1 heterocycles. The summed E-state index contributed by atoms with van der Waals surface area (Å²) >= 11 is 0. The number of amides is 1. The first-order valence-electron chi connectivity index (χ1n) is 6.64. The second-order valence-corrected chi connectivity index (χ2v) is 4.71. The van der Waals surface area contributed by atoms with Crippen LogP contribution in [0.15, 0.2) is 12.1 Å². The average molecular weight is 280 g/mol. The molecule has 0 fully saturated rings. The number of ether oxygens (including phenoxy) is 3. The van der Waals surface area contributed by atoms with Crippen molar-refractivity contribution in [3.63, 3.8) is 0 Å². The maximum atomic E-state index is 12.3. The highest BCUT2D eigenvalue weighted by Gasteiger charge is 2.21. The van der Waals surface area contributed by atoms with Gasteiger partial charge in [-0.05, 0) is 12.5 Å². The van der Waals surface area contributed by atoms with E-state index < -0.39 is 0 Å². The van der Waals surface area contributed by atoms with Gasteiger partial charge < -0.3 is 25.3 Å².